The molecule has 5 rings (SSSR count). The van der Waals surface area contributed by atoms with Gasteiger partial charge in [0.15, 0.2) is 5.60 Å². The van der Waals surface area contributed by atoms with Crippen molar-refractivity contribution in [1.82, 2.24) is 15.0 Å². The van der Waals surface area contributed by atoms with Crippen LogP contribution in [0.15, 0.2) is 40.2 Å². The predicted molar refractivity (Wildman–Crippen MR) is 141 cm³/mol. The van der Waals surface area contributed by atoms with Crippen LogP contribution < -0.4 is 15.7 Å². The number of hydrazone groups is 1. The van der Waals surface area contributed by atoms with Crippen molar-refractivity contribution in [3.8, 4) is 17.1 Å². The highest BCUT2D eigenvalue weighted by atomic mass is 16.6. The van der Waals surface area contributed by atoms with Gasteiger partial charge in [-0.05, 0) is 49.1 Å². The van der Waals surface area contributed by atoms with Gasteiger partial charge in [-0.1, -0.05) is 20.8 Å². The van der Waals surface area contributed by atoms with Gasteiger partial charge in [0.25, 0.3) is 5.56 Å². The number of cyclic esters (lactones) is 1. The van der Waals surface area contributed by atoms with Gasteiger partial charge in [0.2, 0.25) is 5.91 Å². The van der Waals surface area contributed by atoms with E-state index >= 15 is 0 Å². The summed E-state index contributed by atoms with van der Waals surface area (Å²) in [5, 5.41) is 15.8. The summed E-state index contributed by atoms with van der Waals surface area (Å²) in [5.41, 5.74) is 3.76. The molecule has 0 saturated carbocycles. The summed E-state index contributed by atoms with van der Waals surface area (Å²) < 4.78 is 12.6. The second-order valence-corrected chi connectivity index (χ2v) is 9.96. The number of pyridine rings is 2. The second-order valence-electron chi connectivity index (χ2n) is 9.96. The summed E-state index contributed by atoms with van der Waals surface area (Å²) in [6.07, 6.45) is 2.62. The summed E-state index contributed by atoms with van der Waals surface area (Å²) in [7, 11) is 0. The minimum atomic E-state index is -1.85. The number of aromatic nitrogens is 2. The molecule has 1 atom stereocenters. The van der Waals surface area contributed by atoms with Gasteiger partial charge >= 0.3 is 5.97 Å². The molecule has 198 valence electrons. The summed E-state index contributed by atoms with van der Waals surface area (Å²) in [5.74, 6) is 0.0243. The largest absolute Gasteiger partial charge is 0.494 e. The molecular weight excluding hydrogens is 488 g/mol. The number of rotatable bonds is 8. The number of hydrogen-bond donors (Lipinski definition) is 2. The van der Waals surface area contributed by atoms with E-state index in [1.54, 1.807) is 23.8 Å². The third-order valence-corrected chi connectivity index (χ3v) is 6.86. The van der Waals surface area contributed by atoms with E-state index in [9.17, 15) is 19.5 Å². The van der Waals surface area contributed by atoms with Crippen LogP contribution in [0.5, 0.6) is 5.75 Å². The number of amides is 1. The number of aliphatic hydroxyl groups is 1. The molecule has 0 unspecified atom stereocenters. The molecule has 38 heavy (non-hydrogen) atoms. The number of fused-ring (bicyclic) bond motifs is 5. The van der Waals surface area contributed by atoms with Gasteiger partial charge in [-0.25, -0.2) is 15.2 Å². The highest BCUT2D eigenvalue weighted by Gasteiger charge is 2.45. The van der Waals surface area contributed by atoms with Crippen LogP contribution in [0, 0.1) is 5.92 Å². The van der Waals surface area contributed by atoms with Crippen molar-refractivity contribution < 1.29 is 24.2 Å². The standard InChI is InChI=1S/C28H30N4O6/c1-4-28(36)21-12-23-25-18(14-32(23)26(34)20(21)15-38-27(28)35)10-17-11-19(7-8-22(17)30-25)37-9-5-6-24(33)31-29-13-16(2)3/h7-8,10-13,16,36H,4-6,9,14-15H2,1-3H3,(H,31,33)/b29-13+/t28-/m0/s1. The van der Waals surface area contributed by atoms with Gasteiger partial charge in [0, 0.05) is 29.1 Å². The van der Waals surface area contributed by atoms with E-state index in [1.807, 2.05) is 38.1 Å². The lowest BCUT2D eigenvalue weighted by Crippen LogP contribution is -2.44. The Labute approximate surface area is 219 Å². The van der Waals surface area contributed by atoms with E-state index in [2.05, 4.69) is 10.5 Å². The second kappa shape index (κ2) is 10.0. The lowest BCUT2D eigenvalue weighted by atomic mass is 9.86. The maximum absolute atomic E-state index is 13.3. The molecule has 0 spiro atoms. The average Bonchev–Trinajstić information content (AvgIpc) is 3.25. The molecule has 2 N–H and O–H groups in total. The minimum Gasteiger partial charge on any atom is -0.494 e. The smallest absolute Gasteiger partial charge is 0.343 e. The first kappa shape index (κ1) is 25.6. The van der Waals surface area contributed by atoms with Crippen LogP contribution in [0.2, 0.25) is 0 Å². The number of ether oxygens (including phenoxy) is 2. The van der Waals surface area contributed by atoms with Crippen molar-refractivity contribution >= 4 is 29.0 Å². The molecule has 1 aromatic carbocycles. The molecule has 2 aliphatic rings. The Morgan fingerprint density at radius 3 is 2.89 bits per heavy atom. The van der Waals surface area contributed by atoms with Crippen LogP contribution in [-0.2, 0) is 33.1 Å². The molecule has 0 radical (unpaired) electrons. The minimum absolute atomic E-state index is 0.0965. The molecule has 4 heterocycles. The average molecular weight is 519 g/mol. The van der Waals surface area contributed by atoms with Crippen molar-refractivity contribution in [3.05, 3.63) is 57.4 Å². The van der Waals surface area contributed by atoms with E-state index in [1.165, 1.54) is 0 Å². The fourth-order valence-corrected chi connectivity index (χ4v) is 4.79. The number of nitrogens with zero attached hydrogens (tertiary/aromatic N) is 3. The Morgan fingerprint density at radius 1 is 1.32 bits per heavy atom. The third-order valence-electron chi connectivity index (χ3n) is 6.86. The predicted octanol–water partition coefficient (Wildman–Crippen LogP) is 3.00. The quantitative estimate of drug-likeness (QED) is 0.159. The highest BCUT2D eigenvalue weighted by molar-refractivity contribution is 5.87. The number of nitrogens with one attached hydrogen (secondary N) is 1. The molecule has 0 aliphatic carbocycles. The topological polar surface area (TPSA) is 132 Å². The molecule has 2 aliphatic heterocycles. The number of carbonyl (C=O) groups is 2. The van der Waals surface area contributed by atoms with Gasteiger partial charge in [-0.15, -0.1) is 0 Å². The third kappa shape index (κ3) is 4.56. The van der Waals surface area contributed by atoms with E-state index < -0.39 is 11.6 Å². The van der Waals surface area contributed by atoms with Gasteiger partial charge in [0.1, 0.15) is 12.4 Å². The van der Waals surface area contributed by atoms with Crippen molar-refractivity contribution in [2.24, 2.45) is 11.0 Å². The Balaban J connectivity index is 1.34. The first-order valence-electron chi connectivity index (χ1n) is 12.8. The van der Waals surface area contributed by atoms with Crippen molar-refractivity contribution in [1.29, 1.82) is 0 Å². The van der Waals surface area contributed by atoms with E-state index in [0.717, 1.165) is 16.5 Å². The zero-order valence-electron chi connectivity index (χ0n) is 21.6. The monoisotopic (exact) mass is 518 g/mol. The summed E-state index contributed by atoms with van der Waals surface area (Å²) in [6.45, 7) is 6.18. The summed E-state index contributed by atoms with van der Waals surface area (Å²) in [6, 6.07) is 9.22. The van der Waals surface area contributed by atoms with Crippen LogP contribution in [0.3, 0.4) is 0 Å². The Hall–Kier alpha value is -4.05. The molecule has 0 fully saturated rings. The highest BCUT2D eigenvalue weighted by Crippen LogP contribution is 2.38. The van der Waals surface area contributed by atoms with E-state index in [-0.39, 0.29) is 30.4 Å². The Bertz CT molecular complexity index is 1530. The number of carbonyl (C=O) groups excluding carboxylic acids is 2. The van der Waals surface area contributed by atoms with Gasteiger partial charge in [-0.2, -0.15) is 5.10 Å². The zero-order valence-corrected chi connectivity index (χ0v) is 21.6. The van der Waals surface area contributed by atoms with Crippen LogP contribution in [-0.4, -0.2) is 39.4 Å². The van der Waals surface area contributed by atoms with Crippen molar-refractivity contribution in [2.75, 3.05) is 6.61 Å². The molecule has 0 bridgehead atoms. The van der Waals surface area contributed by atoms with Gasteiger partial charge in [0.05, 0.1) is 35.6 Å². The molecule has 0 saturated heterocycles. The summed E-state index contributed by atoms with van der Waals surface area (Å²) in [4.78, 5) is 42.3. The van der Waals surface area contributed by atoms with Crippen molar-refractivity contribution in [2.45, 2.75) is 58.8 Å². The van der Waals surface area contributed by atoms with Gasteiger partial charge in [-0.3, -0.25) is 9.59 Å². The van der Waals surface area contributed by atoms with Crippen LogP contribution >= 0.6 is 0 Å². The number of esters is 1. The molecule has 1 amide bonds. The zero-order chi connectivity index (χ0) is 27.0. The Morgan fingerprint density at radius 2 is 2.13 bits per heavy atom. The lowest BCUT2D eigenvalue weighted by Gasteiger charge is -2.31. The lowest BCUT2D eigenvalue weighted by molar-refractivity contribution is -0.172. The van der Waals surface area contributed by atoms with E-state index in [0.29, 0.717) is 54.3 Å². The van der Waals surface area contributed by atoms with Crippen LogP contribution in [0.4, 0.5) is 0 Å². The van der Waals surface area contributed by atoms with Crippen LogP contribution in [0.1, 0.15) is 56.7 Å². The number of hydrogen-bond acceptors (Lipinski definition) is 8. The van der Waals surface area contributed by atoms with Crippen LogP contribution in [0.25, 0.3) is 22.3 Å². The number of benzene rings is 1. The first-order valence-corrected chi connectivity index (χ1v) is 12.8. The molecule has 10 nitrogen and oxygen atoms in total. The molecular formula is C28H30N4O6. The van der Waals surface area contributed by atoms with E-state index in [4.69, 9.17) is 14.5 Å². The maximum atomic E-state index is 13.3. The first-order chi connectivity index (χ1) is 18.2. The van der Waals surface area contributed by atoms with Gasteiger partial charge < -0.3 is 19.1 Å². The summed E-state index contributed by atoms with van der Waals surface area (Å²) >= 11 is 0. The fourth-order valence-electron chi connectivity index (χ4n) is 4.79. The fraction of sp³-hybridized carbons (Fsp3) is 0.393. The van der Waals surface area contributed by atoms with Crippen molar-refractivity contribution in [3.63, 3.8) is 0 Å². The SMILES string of the molecule is CC[C@@]1(O)C(=O)OCc2c1cc1n(c2=O)Cc2cc3cc(OCCCC(=O)N/N=C/C(C)C)ccc3nc2-1. The molecule has 3 aromatic rings. The Kier molecular flexibility index (Phi) is 6.75. The maximum Gasteiger partial charge on any atom is 0.343 e. The molecule has 10 heteroatoms. The normalized spacial score (nSPS) is 17.9. The molecule has 2 aromatic heterocycles.